The number of amides is 1. The smallest absolute Gasteiger partial charge is 0.246 e. The standard InChI is InChI=1S/C13H12N6OS/c1-9-15-12(7-21-9)10-4-2-3-5-11(10)16-13(20)6-19-8-14-17-18-19/h2-5,7-8H,6H2,1H3,(H,16,20). The second kappa shape index (κ2) is 5.80. The molecule has 1 amide bonds. The van der Waals surface area contributed by atoms with Crippen molar-refractivity contribution in [3.63, 3.8) is 0 Å². The maximum absolute atomic E-state index is 12.0. The molecule has 0 unspecified atom stereocenters. The second-order valence-corrected chi connectivity index (χ2v) is 5.42. The first-order valence-electron chi connectivity index (χ1n) is 6.24. The van der Waals surface area contributed by atoms with E-state index in [1.54, 1.807) is 11.3 Å². The zero-order valence-electron chi connectivity index (χ0n) is 11.2. The third-order valence-electron chi connectivity index (χ3n) is 2.79. The molecule has 2 heterocycles. The SMILES string of the molecule is Cc1nc(-c2ccccc2NC(=O)Cn2cnnn2)cs1. The predicted octanol–water partition coefficient (Wildman–Crippen LogP) is 1.74. The Balaban J connectivity index is 1.81. The molecular weight excluding hydrogens is 288 g/mol. The highest BCUT2D eigenvalue weighted by atomic mass is 32.1. The third-order valence-corrected chi connectivity index (χ3v) is 3.57. The van der Waals surface area contributed by atoms with Gasteiger partial charge < -0.3 is 5.32 Å². The average Bonchev–Trinajstić information content (AvgIpc) is 3.11. The molecular formula is C13H12N6OS. The molecule has 0 aliphatic heterocycles. The van der Waals surface area contributed by atoms with E-state index in [4.69, 9.17) is 0 Å². The van der Waals surface area contributed by atoms with E-state index in [2.05, 4.69) is 25.8 Å². The van der Waals surface area contributed by atoms with Crippen LogP contribution in [0.4, 0.5) is 5.69 Å². The fourth-order valence-electron chi connectivity index (χ4n) is 1.89. The van der Waals surface area contributed by atoms with Gasteiger partial charge in [0.1, 0.15) is 12.9 Å². The van der Waals surface area contributed by atoms with Gasteiger partial charge in [-0.15, -0.1) is 16.4 Å². The fraction of sp³-hybridized carbons (Fsp3) is 0.154. The van der Waals surface area contributed by atoms with Crippen LogP contribution in [0.1, 0.15) is 5.01 Å². The Kier molecular flexibility index (Phi) is 3.69. The lowest BCUT2D eigenvalue weighted by Gasteiger charge is -2.09. The molecule has 21 heavy (non-hydrogen) atoms. The van der Waals surface area contributed by atoms with Gasteiger partial charge in [-0.3, -0.25) is 4.79 Å². The maximum atomic E-state index is 12.0. The van der Waals surface area contributed by atoms with Gasteiger partial charge in [-0.05, 0) is 23.4 Å². The van der Waals surface area contributed by atoms with Gasteiger partial charge >= 0.3 is 0 Å². The van der Waals surface area contributed by atoms with E-state index < -0.39 is 0 Å². The highest BCUT2D eigenvalue weighted by Crippen LogP contribution is 2.28. The van der Waals surface area contributed by atoms with Crippen LogP contribution in [0.5, 0.6) is 0 Å². The normalized spacial score (nSPS) is 10.5. The number of thiazole rings is 1. The molecule has 0 spiro atoms. The number of hydrogen-bond donors (Lipinski definition) is 1. The van der Waals surface area contributed by atoms with Gasteiger partial charge in [-0.2, -0.15) is 0 Å². The summed E-state index contributed by atoms with van der Waals surface area (Å²) in [7, 11) is 0. The summed E-state index contributed by atoms with van der Waals surface area (Å²) in [4.78, 5) is 16.5. The minimum atomic E-state index is -0.193. The number of rotatable bonds is 4. The summed E-state index contributed by atoms with van der Waals surface area (Å²) < 4.78 is 1.37. The van der Waals surface area contributed by atoms with Gasteiger partial charge in [0.25, 0.3) is 0 Å². The number of carbonyl (C=O) groups excluding carboxylic acids is 1. The van der Waals surface area contributed by atoms with Crippen molar-refractivity contribution in [2.24, 2.45) is 0 Å². The Morgan fingerprint density at radius 2 is 2.24 bits per heavy atom. The Bertz CT molecular complexity index is 752. The van der Waals surface area contributed by atoms with E-state index >= 15 is 0 Å². The highest BCUT2D eigenvalue weighted by Gasteiger charge is 2.11. The van der Waals surface area contributed by atoms with Crippen molar-refractivity contribution < 1.29 is 4.79 Å². The van der Waals surface area contributed by atoms with Crippen LogP contribution in [0.15, 0.2) is 36.0 Å². The fourth-order valence-corrected chi connectivity index (χ4v) is 2.51. The summed E-state index contributed by atoms with van der Waals surface area (Å²) in [5.74, 6) is -0.193. The number of aromatic nitrogens is 5. The number of anilines is 1. The monoisotopic (exact) mass is 300 g/mol. The minimum Gasteiger partial charge on any atom is -0.324 e. The molecule has 8 heteroatoms. The van der Waals surface area contributed by atoms with E-state index in [9.17, 15) is 4.79 Å². The van der Waals surface area contributed by atoms with Gasteiger partial charge in [0.2, 0.25) is 5.91 Å². The zero-order valence-corrected chi connectivity index (χ0v) is 12.0. The molecule has 3 rings (SSSR count). The molecule has 2 aromatic heterocycles. The van der Waals surface area contributed by atoms with Crippen molar-refractivity contribution in [2.45, 2.75) is 13.5 Å². The number of tetrazole rings is 1. The van der Waals surface area contributed by atoms with Crippen LogP contribution in [0.25, 0.3) is 11.3 Å². The largest absolute Gasteiger partial charge is 0.324 e. The molecule has 1 N–H and O–H groups in total. The average molecular weight is 300 g/mol. The van der Waals surface area contributed by atoms with Crippen LogP contribution >= 0.6 is 11.3 Å². The lowest BCUT2D eigenvalue weighted by atomic mass is 10.1. The number of nitrogens with one attached hydrogen (secondary N) is 1. The van der Waals surface area contributed by atoms with Crippen molar-refractivity contribution in [3.05, 3.63) is 41.0 Å². The lowest BCUT2D eigenvalue weighted by Crippen LogP contribution is -2.19. The van der Waals surface area contributed by atoms with Crippen molar-refractivity contribution >= 4 is 22.9 Å². The molecule has 106 valence electrons. The van der Waals surface area contributed by atoms with Crippen LogP contribution in [0, 0.1) is 6.92 Å². The quantitative estimate of drug-likeness (QED) is 0.793. The first-order chi connectivity index (χ1) is 10.2. The van der Waals surface area contributed by atoms with Gasteiger partial charge in [-0.25, -0.2) is 9.67 Å². The molecule has 0 radical (unpaired) electrons. The molecule has 0 fully saturated rings. The summed E-state index contributed by atoms with van der Waals surface area (Å²) in [6, 6.07) is 7.57. The van der Waals surface area contributed by atoms with Crippen molar-refractivity contribution in [1.29, 1.82) is 0 Å². The first kappa shape index (κ1) is 13.4. The molecule has 7 nitrogen and oxygen atoms in total. The van der Waals surface area contributed by atoms with Crippen LogP contribution in [0.2, 0.25) is 0 Å². The van der Waals surface area contributed by atoms with Crippen LogP contribution < -0.4 is 5.32 Å². The number of para-hydroxylation sites is 1. The number of hydrogen-bond acceptors (Lipinski definition) is 6. The lowest BCUT2D eigenvalue weighted by molar-refractivity contribution is -0.116. The Morgan fingerprint density at radius 1 is 1.38 bits per heavy atom. The molecule has 0 aliphatic carbocycles. The topological polar surface area (TPSA) is 85.6 Å². The summed E-state index contributed by atoms with van der Waals surface area (Å²) in [6.45, 7) is 2.02. The molecule has 0 atom stereocenters. The van der Waals surface area contributed by atoms with E-state index in [-0.39, 0.29) is 12.5 Å². The molecule has 0 bridgehead atoms. The van der Waals surface area contributed by atoms with Gasteiger partial charge in [0.15, 0.2) is 0 Å². The van der Waals surface area contributed by atoms with E-state index in [1.165, 1.54) is 11.0 Å². The second-order valence-electron chi connectivity index (χ2n) is 4.35. The van der Waals surface area contributed by atoms with Gasteiger partial charge in [0, 0.05) is 10.9 Å². The summed E-state index contributed by atoms with van der Waals surface area (Å²) in [6.07, 6.45) is 1.40. The summed E-state index contributed by atoms with van der Waals surface area (Å²) in [5.41, 5.74) is 2.48. The molecule has 0 saturated heterocycles. The molecule has 1 aromatic carbocycles. The van der Waals surface area contributed by atoms with E-state index in [0.717, 1.165) is 22.0 Å². The van der Waals surface area contributed by atoms with Gasteiger partial charge in [0.05, 0.1) is 16.4 Å². The van der Waals surface area contributed by atoms with Crippen molar-refractivity contribution in [1.82, 2.24) is 25.2 Å². The Hall–Kier alpha value is -2.61. The number of benzene rings is 1. The number of aryl methyl sites for hydroxylation is 1. The summed E-state index contributed by atoms with van der Waals surface area (Å²) in [5, 5.41) is 16.5. The zero-order chi connectivity index (χ0) is 14.7. The molecule has 0 saturated carbocycles. The minimum absolute atomic E-state index is 0.0669. The predicted molar refractivity (Wildman–Crippen MR) is 78.7 cm³/mol. The van der Waals surface area contributed by atoms with E-state index in [0.29, 0.717) is 0 Å². The van der Waals surface area contributed by atoms with E-state index in [1.807, 2.05) is 36.6 Å². The van der Waals surface area contributed by atoms with Crippen molar-refractivity contribution in [3.8, 4) is 11.3 Å². The third kappa shape index (κ3) is 3.11. The van der Waals surface area contributed by atoms with Crippen LogP contribution in [-0.2, 0) is 11.3 Å². The first-order valence-corrected chi connectivity index (χ1v) is 7.12. The van der Waals surface area contributed by atoms with Crippen LogP contribution in [0.3, 0.4) is 0 Å². The highest BCUT2D eigenvalue weighted by molar-refractivity contribution is 7.09. The van der Waals surface area contributed by atoms with Crippen LogP contribution in [-0.4, -0.2) is 31.1 Å². The molecule has 0 aliphatic rings. The maximum Gasteiger partial charge on any atom is 0.246 e. The number of nitrogens with zero attached hydrogens (tertiary/aromatic N) is 5. The summed E-state index contributed by atoms with van der Waals surface area (Å²) >= 11 is 1.58. The Labute approximate surface area is 124 Å². The van der Waals surface area contributed by atoms with Gasteiger partial charge in [-0.1, -0.05) is 18.2 Å². The number of carbonyl (C=O) groups is 1. The molecule has 3 aromatic rings. The Morgan fingerprint density at radius 3 is 2.95 bits per heavy atom. The van der Waals surface area contributed by atoms with Crippen molar-refractivity contribution in [2.75, 3.05) is 5.32 Å².